The molecule has 1 fully saturated rings. The fourth-order valence-electron chi connectivity index (χ4n) is 1.87. The number of aromatic amines is 1. The second kappa shape index (κ2) is 4.83. The first-order chi connectivity index (χ1) is 8.11. The van der Waals surface area contributed by atoms with Crippen LogP contribution in [-0.2, 0) is 4.74 Å². The van der Waals surface area contributed by atoms with Gasteiger partial charge in [0, 0.05) is 26.1 Å². The molecule has 0 bridgehead atoms. The van der Waals surface area contributed by atoms with Crippen LogP contribution in [0.1, 0.15) is 42.6 Å². The van der Waals surface area contributed by atoms with Gasteiger partial charge >= 0.3 is 0 Å². The summed E-state index contributed by atoms with van der Waals surface area (Å²) in [5.41, 5.74) is 0. The highest BCUT2D eigenvalue weighted by atomic mass is 16.5. The number of nitrogens with zero attached hydrogens (tertiary/aromatic N) is 3. The molecule has 0 saturated carbocycles. The summed E-state index contributed by atoms with van der Waals surface area (Å²) in [5, 5.41) is 6.76. The van der Waals surface area contributed by atoms with Gasteiger partial charge in [0.25, 0.3) is 5.91 Å². The third kappa shape index (κ3) is 2.46. The maximum Gasteiger partial charge on any atom is 0.293 e. The van der Waals surface area contributed by atoms with Gasteiger partial charge in [-0.3, -0.25) is 9.89 Å². The average molecular weight is 238 g/mol. The molecule has 94 valence electrons. The molecule has 2 rings (SSSR count). The Balaban J connectivity index is 2.04. The SMILES string of the molecule is COC1CCN(C(=O)c2n[nH]c(C(C)C)n2)C1. The molecule has 1 aromatic heterocycles. The van der Waals surface area contributed by atoms with E-state index in [0.29, 0.717) is 13.1 Å². The van der Waals surface area contributed by atoms with Crippen LogP contribution in [0.2, 0.25) is 0 Å². The molecule has 0 spiro atoms. The normalized spacial score (nSPS) is 20.2. The molecule has 0 radical (unpaired) electrons. The van der Waals surface area contributed by atoms with Crippen LogP contribution >= 0.6 is 0 Å². The zero-order valence-electron chi connectivity index (χ0n) is 10.4. The van der Waals surface area contributed by atoms with E-state index in [1.807, 2.05) is 13.8 Å². The van der Waals surface area contributed by atoms with Gasteiger partial charge in [-0.05, 0) is 6.42 Å². The first-order valence-electron chi connectivity index (χ1n) is 5.86. The van der Waals surface area contributed by atoms with Crippen molar-refractivity contribution in [1.29, 1.82) is 0 Å². The standard InChI is InChI=1S/C11H18N4O2/c1-7(2)9-12-10(14-13-9)11(16)15-5-4-8(6-15)17-3/h7-8H,4-6H2,1-3H3,(H,12,13,14). The number of carbonyl (C=O) groups is 1. The zero-order chi connectivity index (χ0) is 12.4. The number of hydrogen-bond donors (Lipinski definition) is 1. The van der Waals surface area contributed by atoms with Crippen LogP contribution < -0.4 is 0 Å². The Kier molecular flexibility index (Phi) is 3.42. The largest absolute Gasteiger partial charge is 0.380 e. The third-order valence-electron chi connectivity index (χ3n) is 3.01. The number of rotatable bonds is 3. The Morgan fingerprint density at radius 2 is 2.35 bits per heavy atom. The number of methoxy groups -OCH3 is 1. The number of aromatic nitrogens is 3. The lowest BCUT2D eigenvalue weighted by molar-refractivity contribution is 0.0713. The lowest BCUT2D eigenvalue weighted by atomic mass is 10.2. The summed E-state index contributed by atoms with van der Waals surface area (Å²) < 4.78 is 5.23. The van der Waals surface area contributed by atoms with Gasteiger partial charge in [0.05, 0.1) is 6.10 Å². The Morgan fingerprint density at radius 1 is 1.59 bits per heavy atom. The number of ether oxygens (including phenoxy) is 1. The van der Waals surface area contributed by atoms with Crippen LogP contribution in [0.25, 0.3) is 0 Å². The molecule has 1 unspecified atom stereocenters. The summed E-state index contributed by atoms with van der Waals surface area (Å²) >= 11 is 0. The molecule has 1 amide bonds. The number of carbonyl (C=O) groups excluding carboxylic acids is 1. The molecule has 17 heavy (non-hydrogen) atoms. The van der Waals surface area contributed by atoms with Crippen molar-refractivity contribution < 1.29 is 9.53 Å². The molecular formula is C11H18N4O2. The number of H-pyrrole nitrogens is 1. The first kappa shape index (κ1) is 12.0. The summed E-state index contributed by atoms with van der Waals surface area (Å²) in [6.07, 6.45) is 1.02. The summed E-state index contributed by atoms with van der Waals surface area (Å²) in [6.45, 7) is 5.35. The fraction of sp³-hybridized carbons (Fsp3) is 0.727. The molecule has 1 N–H and O–H groups in total. The monoisotopic (exact) mass is 238 g/mol. The van der Waals surface area contributed by atoms with Gasteiger partial charge in [-0.2, -0.15) is 0 Å². The lowest BCUT2D eigenvalue weighted by Crippen LogP contribution is -2.30. The van der Waals surface area contributed by atoms with E-state index in [9.17, 15) is 4.79 Å². The predicted molar refractivity (Wildman–Crippen MR) is 61.8 cm³/mol. The van der Waals surface area contributed by atoms with Crippen LogP contribution in [0.4, 0.5) is 0 Å². The van der Waals surface area contributed by atoms with Crippen molar-refractivity contribution in [3.05, 3.63) is 11.6 Å². The second-order valence-electron chi connectivity index (χ2n) is 4.60. The second-order valence-corrected chi connectivity index (χ2v) is 4.60. The highest BCUT2D eigenvalue weighted by molar-refractivity contribution is 5.90. The van der Waals surface area contributed by atoms with E-state index in [-0.39, 0.29) is 23.8 Å². The highest BCUT2D eigenvalue weighted by Gasteiger charge is 2.29. The summed E-state index contributed by atoms with van der Waals surface area (Å²) in [4.78, 5) is 18.0. The van der Waals surface area contributed by atoms with Crippen LogP contribution in [0.15, 0.2) is 0 Å². The Morgan fingerprint density at radius 3 is 2.88 bits per heavy atom. The molecular weight excluding hydrogens is 220 g/mol. The van der Waals surface area contributed by atoms with E-state index in [1.165, 1.54) is 0 Å². The van der Waals surface area contributed by atoms with Crippen LogP contribution in [0.3, 0.4) is 0 Å². The van der Waals surface area contributed by atoms with E-state index in [1.54, 1.807) is 12.0 Å². The number of amides is 1. The van der Waals surface area contributed by atoms with Crippen molar-refractivity contribution in [2.24, 2.45) is 0 Å². The maximum absolute atomic E-state index is 12.1. The van der Waals surface area contributed by atoms with Gasteiger partial charge in [0.15, 0.2) is 0 Å². The lowest BCUT2D eigenvalue weighted by Gasteiger charge is -2.13. The molecule has 1 aromatic rings. The Hall–Kier alpha value is -1.43. The topological polar surface area (TPSA) is 71.1 Å². The van der Waals surface area contributed by atoms with Crippen molar-refractivity contribution in [3.63, 3.8) is 0 Å². The molecule has 6 heteroatoms. The molecule has 1 saturated heterocycles. The zero-order valence-corrected chi connectivity index (χ0v) is 10.4. The smallest absolute Gasteiger partial charge is 0.293 e. The van der Waals surface area contributed by atoms with E-state index in [4.69, 9.17) is 4.74 Å². The average Bonchev–Trinajstić information content (AvgIpc) is 2.97. The molecule has 1 atom stereocenters. The quantitative estimate of drug-likeness (QED) is 0.845. The molecule has 6 nitrogen and oxygen atoms in total. The van der Waals surface area contributed by atoms with Crippen LogP contribution in [0.5, 0.6) is 0 Å². The number of likely N-dealkylation sites (tertiary alicyclic amines) is 1. The van der Waals surface area contributed by atoms with Gasteiger partial charge in [0.2, 0.25) is 5.82 Å². The minimum Gasteiger partial charge on any atom is -0.380 e. The van der Waals surface area contributed by atoms with Gasteiger partial charge in [-0.1, -0.05) is 13.8 Å². The predicted octanol–water partition coefficient (Wildman–Crippen LogP) is 0.789. The van der Waals surface area contributed by atoms with Crippen LogP contribution in [0, 0.1) is 0 Å². The van der Waals surface area contributed by atoms with Crippen molar-refractivity contribution in [2.45, 2.75) is 32.3 Å². The fourth-order valence-corrected chi connectivity index (χ4v) is 1.87. The van der Waals surface area contributed by atoms with Crippen molar-refractivity contribution in [1.82, 2.24) is 20.1 Å². The Bertz CT molecular complexity index is 402. The maximum atomic E-state index is 12.1. The molecule has 0 aliphatic carbocycles. The molecule has 0 aromatic carbocycles. The minimum atomic E-state index is -0.118. The Labute approximate surface area is 100 Å². The van der Waals surface area contributed by atoms with E-state index in [2.05, 4.69) is 15.2 Å². The van der Waals surface area contributed by atoms with Crippen molar-refractivity contribution in [2.75, 3.05) is 20.2 Å². The van der Waals surface area contributed by atoms with Crippen molar-refractivity contribution in [3.8, 4) is 0 Å². The number of nitrogens with one attached hydrogen (secondary N) is 1. The molecule has 1 aliphatic rings. The summed E-state index contributed by atoms with van der Waals surface area (Å²) in [7, 11) is 1.67. The third-order valence-corrected chi connectivity index (χ3v) is 3.01. The van der Waals surface area contributed by atoms with Gasteiger partial charge in [0.1, 0.15) is 5.82 Å². The van der Waals surface area contributed by atoms with E-state index < -0.39 is 0 Å². The van der Waals surface area contributed by atoms with Gasteiger partial charge in [-0.15, -0.1) is 5.10 Å². The highest BCUT2D eigenvalue weighted by Crippen LogP contribution is 2.15. The summed E-state index contributed by atoms with van der Waals surface area (Å²) in [6, 6.07) is 0. The number of hydrogen-bond acceptors (Lipinski definition) is 4. The van der Waals surface area contributed by atoms with Gasteiger partial charge in [-0.25, -0.2) is 4.98 Å². The molecule has 1 aliphatic heterocycles. The van der Waals surface area contributed by atoms with Gasteiger partial charge < -0.3 is 9.64 Å². The van der Waals surface area contributed by atoms with Crippen LogP contribution in [-0.4, -0.2) is 52.3 Å². The first-order valence-corrected chi connectivity index (χ1v) is 5.86. The molecule has 2 heterocycles. The minimum absolute atomic E-state index is 0.118. The summed E-state index contributed by atoms with van der Waals surface area (Å²) in [5.74, 6) is 1.13. The van der Waals surface area contributed by atoms with E-state index >= 15 is 0 Å². The van der Waals surface area contributed by atoms with E-state index in [0.717, 1.165) is 12.2 Å². The van der Waals surface area contributed by atoms with Crippen molar-refractivity contribution >= 4 is 5.91 Å².